The Morgan fingerprint density at radius 1 is 1.69 bits per heavy atom. The molecule has 1 rings (SSSR count). The van der Waals surface area contributed by atoms with E-state index in [2.05, 4.69) is 4.74 Å². The molecule has 0 N–H and O–H groups in total. The first-order valence-corrected chi connectivity index (χ1v) is 5.15. The van der Waals surface area contributed by atoms with Gasteiger partial charge in [0.2, 0.25) is 0 Å². The number of thioether (sulfide) groups is 1. The standard InChI is InChI=1S/C9H12O3S/c1-12-9(11)5-6-13-8-4-2-3-7(8)10/h4H,2-3,5-6H2,1H3. The maximum atomic E-state index is 11.1. The molecule has 13 heavy (non-hydrogen) atoms. The van der Waals surface area contributed by atoms with Crippen molar-refractivity contribution in [2.24, 2.45) is 0 Å². The van der Waals surface area contributed by atoms with Crippen molar-refractivity contribution in [1.82, 2.24) is 0 Å². The Balaban J connectivity index is 2.19. The lowest BCUT2D eigenvalue weighted by atomic mass is 10.3. The summed E-state index contributed by atoms with van der Waals surface area (Å²) in [6.45, 7) is 0. The van der Waals surface area contributed by atoms with E-state index in [9.17, 15) is 9.59 Å². The van der Waals surface area contributed by atoms with Crippen molar-refractivity contribution < 1.29 is 14.3 Å². The smallest absolute Gasteiger partial charge is 0.306 e. The molecule has 0 aromatic heterocycles. The Bertz CT molecular complexity index is 245. The van der Waals surface area contributed by atoms with Crippen LogP contribution in [0.2, 0.25) is 0 Å². The zero-order chi connectivity index (χ0) is 9.68. The number of hydrogen-bond acceptors (Lipinski definition) is 4. The van der Waals surface area contributed by atoms with Crippen molar-refractivity contribution in [2.75, 3.05) is 12.9 Å². The highest BCUT2D eigenvalue weighted by Crippen LogP contribution is 2.25. The molecule has 0 saturated heterocycles. The number of carbonyl (C=O) groups is 2. The molecule has 0 heterocycles. The first-order chi connectivity index (χ1) is 6.24. The lowest BCUT2D eigenvalue weighted by molar-refractivity contribution is -0.140. The van der Waals surface area contributed by atoms with Crippen molar-refractivity contribution in [3.05, 3.63) is 11.0 Å². The van der Waals surface area contributed by atoms with Gasteiger partial charge in [0.15, 0.2) is 5.78 Å². The second-order valence-electron chi connectivity index (χ2n) is 2.70. The van der Waals surface area contributed by atoms with Gasteiger partial charge < -0.3 is 4.74 Å². The number of ether oxygens (including phenoxy) is 1. The number of hydrogen-bond donors (Lipinski definition) is 0. The van der Waals surface area contributed by atoms with Crippen LogP contribution in [0.3, 0.4) is 0 Å². The molecule has 0 spiro atoms. The summed E-state index contributed by atoms with van der Waals surface area (Å²) in [7, 11) is 1.37. The van der Waals surface area contributed by atoms with Crippen molar-refractivity contribution in [3.63, 3.8) is 0 Å². The fourth-order valence-electron chi connectivity index (χ4n) is 1.06. The summed E-state index contributed by atoms with van der Waals surface area (Å²) in [5, 5.41) is 0. The van der Waals surface area contributed by atoms with Crippen LogP contribution < -0.4 is 0 Å². The zero-order valence-electron chi connectivity index (χ0n) is 7.54. The van der Waals surface area contributed by atoms with Gasteiger partial charge >= 0.3 is 5.97 Å². The molecule has 4 heteroatoms. The van der Waals surface area contributed by atoms with E-state index in [1.165, 1.54) is 18.9 Å². The summed E-state index contributed by atoms with van der Waals surface area (Å²) in [6.07, 6.45) is 3.77. The third-order valence-corrected chi connectivity index (χ3v) is 2.88. The minimum Gasteiger partial charge on any atom is -0.469 e. The van der Waals surface area contributed by atoms with E-state index in [0.717, 1.165) is 11.3 Å². The Labute approximate surface area is 81.5 Å². The average Bonchev–Trinajstić information content (AvgIpc) is 2.52. The minimum absolute atomic E-state index is 0.204. The predicted octanol–water partition coefficient (Wildman–Crippen LogP) is 1.53. The van der Waals surface area contributed by atoms with E-state index < -0.39 is 0 Å². The van der Waals surface area contributed by atoms with Crippen molar-refractivity contribution >= 4 is 23.5 Å². The molecule has 0 aliphatic heterocycles. The van der Waals surface area contributed by atoms with E-state index in [1.807, 2.05) is 6.08 Å². The highest BCUT2D eigenvalue weighted by Gasteiger charge is 2.15. The van der Waals surface area contributed by atoms with Crippen LogP contribution in [0.5, 0.6) is 0 Å². The van der Waals surface area contributed by atoms with E-state index >= 15 is 0 Å². The normalized spacial score (nSPS) is 15.8. The van der Waals surface area contributed by atoms with Crippen molar-refractivity contribution in [3.8, 4) is 0 Å². The zero-order valence-corrected chi connectivity index (χ0v) is 8.36. The molecule has 1 aliphatic rings. The number of carbonyl (C=O) groups excluding carboxylic acids is 2. The van der Waals surface area contributed by atoms with Gasteiger partial charge in [-0.25, -0.2) is 0 Å². The van der Waals surface area contributed by atoms with Crippen LogP contribution >= 0.6 is 11.8 Å². The Hall–Kier alpha value is -0.770. The molecule has 0 aromatic rings. The molecule has 0 atom stereocenters. The second kappa shape index (κ2) is 5.07. The van der Waals surface area contributed by atoms with Crippen LogP contribution in [0.15, 0.2) is 11.0 Å². The Morgan fingerprint density at radius 2 is 2.46 bits per heavy atom. The molecule has 3 nitrogen and oxygen atoms in total. The Kier molecular flexibility index (Phi) is 4.02. The Morgan fingerprint density at radius 3 is 3.00 bits per heavy atom. The first-order valence-electron chi connectivity index (χ1n) is 4.17. The fourth-order valence-corrected chi connectivity index (χ4v) is 2.04. The number of rotatable bonds is 4. The third kappa shape index (κ3) is 3.22. The quantitative estimate of drug-likeness (QED) is 0.645. The highest BCUT2D eigenvalue weighted by molar-refractivity contribution is 8.04. The lowest BCUT2D eigenvalue weighted by Crippen LogP contribution is -2.02. The summed E-state index contributed by atoms with van der Waals surface area (Å²) < 4.78 is 4.49. The summed E-state index contributed by atoms with van der Waals surface area (Å²) >= 11 is 1.45. The van der Waals surface area contributed by atoms with Gasteiger partial charge in [-0.05, 0) is 6.42 Å². The SMILES string of the molecule is COC(=O)CCSC1=CCCC1=O. The predicted molar refractivity (Wildman–Crippen MR) is 51.4 cm³/mol. The summed E-state index contributed by atoms with van der Waals surface area (Å²) in [5.74, 6) is 0.609. The van der Waals surface area contributed by atoms with Gasteiger partial charge in [-0.15, -0.1) is 11.8 Å². The topological polar surface area (TPSA) is 43.4 Å². The van der Waals surface area contributed by atoms with Crippen molar-refractivity contribution in [2.45, 2.75) is 19.3 Å². The van der Waals surface area contributed by atoms with E-state index in [-0.39, 0.29) is 11.8 Å². The molecule has 0 fully saturated rings. The molecule has 0 aromatic carbocycles. The van der Waals surface area contributed by atoms with E-state index in [0.29, 0.717) is 18.6 Å². The number of ketones is 1. The average molecular weight is 200 g/mol. The highest BCUT2D eigenvalue weighted by atomic mass is 32.2. The van der Waals surface area contributed by atoms with Crippen LogP contribution in [0.25, 0.3) is 0 Å². The maximum Gasteiger partial charge on any atom is 0.306 e. The maximum absolute atomic E-state index is 11.1. The van der Waals surface area contributed by atoms with Gasteiger partial charge in [-0.1, -0.05) is 6.08 Å². The first kappa shape index (κ1) is 10.3. The fraction of sp³-hybridized carbons (Fsp3) is 0.556. The van der Waals surface area contributed by atoms with Gasteiger partial charge in [0.05, 0.1) is 13.5 Å². The van der Waals surface area contributed by atoms with E-state index in [1.54, 1.807) is 0 Å². The van der Waals surface area contributed by atoms with Crippen LogP contribution in [0.4, 0.5) is 0 Å². The molecular formula is C9H12O3S. The monoisotopic (exact) mass is 200 g/mol. The van der Waals surface area contributed by atoms with E-state index in [4.69, 9.17) is 0 Å². The summed E-state index contributed by atoms with van der Waals surface area (Å²) in [5.41, 5.74) is 0. The largest absolute Gasteiger partial charge is 0.469 e. The molecule has 0 amide bonds. The van der Waals surface area contributed by atoms with Gasteiger partial charge in [-0.2, -0.15) is 0 Å². The van der Waals surface area contributed by atoms with Crippen LogP contribution in [0, 0.1) is 0 Å². The van der Waals surface area contributed by atoms with Gasteiger partial charge in [-0.3, -0.25) is 9.59 Å². The minimum atomic E-state index is -0.224. The lowest BCUT2D eigenvalue weighted by Gasteiger charge is -1.99. The van der Waals surface area contributed by atoms with Crippen LogP contribution in [-0.4, -0.2) is 24.6 Å². The molecular weight excluding hydrogens is 188 g/mol. The molecule has 72 valence electrons. The summed E-state index contributed by atoms with van der Waals surface area (Å²) in [4.78, 5) is 22.7. The molecule has 0 bridgehead atoms. The number of Topliss-reactive ketones (excluding diaryl/α,β-unsaturated/α-hetero) is 1. The van der Waals surface area contributed by atoms with Crippen LogP contribution in [0.1, 0.15) is 19.3 Å². The number of esters is 1. The van der Waals surface area contributed by atoms with Gasteiger partial charge in [0, 0.05) is 17.1 Å². The molecule has 1 aliphatic carbocycles. The second-order valence-corrected chi connectivity index (χ2v) is 3.84. The van der Waals surface area contributed by atoms with Crippen molar-refractivity contribution in [1.29, 1.82) is 0 Å². The van der Waals surface area contributed by atoms with Crippen LogP contribution in [-0.2, 0) is 14.3 Å². The van der Waals surface area contributed by atoms with Gasteiger partial charge in [0.1, 0.15) is 0 Å². The molecule has 0 unspecified atom stereocenters. The summed E-state index contributed by atoms with van der Waals surface area (Å²) in [6, 6.07) is 0. The third-order valence-electron chi connectivity index (χ3n) is 1.77. The number of allylic oxidation sites excluding steroid dienone is 2. The van der Waals surface area contributed by atoms with Gasteiger partial charge in [0.25, 0.3) is 0 Å². The molecule has 0 saturated carbocycles. The molecule has 0 radical (unpaired) electrons. The number of methoxy groups -OCH3 is 1.